The molecular formula is C15H27N3OS. The van der Waals surface area contributed by atoms with Crippen LogP contribution in [0.4, 0.5) is 5.13 Å². The molecule has 1 fully saturated rings. The van der Waals surface area contributed by atoms with Crippen molar-refractivity contribution in [2.75, 3.05) is 38.6 Å². The summed E-state index contributed by atoms with van der Waals surface area (Å²) in [6, 6.07) is 0. The van der Waals surface area contributed by atoms with Gasteiger partial charge in [-0.2, -0.15) is 0 Å². The Morgan fingerprint density at radius 1 is 1.35 bits per heavy atom. The zero-order valence-corrected chi connectivity index (χ0v) is 13.7. The van der Waals surface area contributed by atoms with Crippen LogP contribution in [0.15, 0.2) is 0 Å². The molecule has 114 valence electrons. The number of aliphatic hydroxyl groups excluding tert-OH is 1. The maximum Gasteiger partial charge on any atom is 0.185 e. The number of aromatic nitrogens is 1. The summed E-state index contributed by atoms with van der Waals surface area (Å²) in [5, 5.41) is 10.6. The molecule has 0 spiro atoms. The van der Waals surface area contributed by atoms with E-state index >= 15 is 0 Å². The molecule has 0 saturated carbocycles. The van der Waals surface area contributed by atoms with Crippen molar-refractivity contribution in [3.63, 3.8) is 0 Å². The van der Waals surface area contributed by atoms with Crippen LogP contribution < -0.4 is 4.90 Å². The lowest BCUT2D eigenvalue weighted by Gasteiger charge is -2.33. The van der Waals surface area contributed by atoms with Gasteiger partial charge in [-0.3, -0.25) is 0 Å². The number of aryl methyl sites for hydroxylation is 1. The molecule has 1 aromatic heterocycles. The first-order valence-electron chi connectivity index (χ1n) is 7.63. The van der Waals surface area contributed by atoms with Gasteiger partial charge in [0.2, 0.25) is 0 Å². The van der Waals surface area contributed by atoms with Crippen molar-refractivity contribution < 1.29 is 5.11 Å². The summed E-state index contributed by atoms with van der Waals surface area (Å²) in [6.07, 6.45) is 4.55. The minimum absolute atomic E-state index is 0.129. The lowest BCUT2D eigenvalue weighted by Crippen LogP contribution is -2.37. The molecule has 0 unspecified atom stereocenters. The van der Waals surface area contributed by atoms with E-state index in [1.165, 1.54) is 19.4 Å². The Labute approximate surface area is 126 Å². The third-order valence-corrected chi connectivity index (χ3v) is 5.05. The molecule has 1 aliphatic heterocycles. The second kappa shape index (κ2) is 7.38. The number of piperidine rings is 1. The molecule has 0 bridgehead atoms. The quantitative estimate of drug-likeness (QED) is 0.875. The average molecular weight is 297 g/mol. The van der Waals surface area contributed by atoms with Gasteiger partial charge in [-0.05, 0) is 39.3 Å². The summed E-state index contributed by atoms with van der Waals surface area (Å²) >= 11 is 1.68. The van der Waals surface area contributed by atoms with Gasteiger partial charge in [0.05, 0.1) is 17.2 Å². The third-order valence-electron chi connectivity index (χ3n) is 3.91. The van der Waals surface area contributed by atoms with Gasteiger partial charge in [0, 0.05) is 19.6 Å². The highest BCUT2D eigenvalue weighted by Gasteiger charge is 2.22. The van der Waals surface area contributed by atoms with E-state index in [-0.39, 0.29) is 6.61 Å². The highest BCUT2D eigenvalue weighted by molar-refractivity contribution is 7.15. The van der Waals surface area contributed by atoms with Crippen LogP contribution >= 0.6 is 11.3 Å². The lowest BCUT2D eigenvalue weighted by molar-refractivity contribution is 0.284. The standard InChI is InChI=1S/C15H27N3OS/c1-4-5-13-14(11-19)20-15(16-13)18-8-6-12(7-9-18)10-17(2)3/h12,19H,4-11H2,1-3H3. The first kappa shape index (κ1) is 15.7. The van der Waals surface area contributed by atoms with E-state index < -0.39 is 0 Å². The molecule has 1 aliphatic rings. The normalized spacial score (nSPS) is 17.1. The zero-order valence-electron chi connectivity index (χ0n) is 12.9. The maximum absolute atomic E-state index is 9.44. The number of rotatable bonds is 6. The molecule has 5 heteroatoms. The van der Waals surface area contributed by atoms with Crippen molar-refractivity contribution in [1.29, 1.82) is 0 Å². The SMILES string of the molecule is CCCc1nc(N2CCC(CN(C)C)CC2)sc1CO. The summed E-state index contributed by atoms with van der Waals surface area (Å²) in [4.78, 5) is 10.5. The van der Waals surface area contributed by atoms with Crippen LogP contribution in [-0.2, 0) is 13.0 Å². The van der Waals surface area contributed by atoms with Crippen molar-refractivity contribution in [1.82, 2.24) is 9.88 Å². The topological polar surface area (TPSA) is 39.6 Å². The van der Waals surface area contributed by atoms with Gasteiger partial charge in [0.25, 0.3) is 0 Å². The predicted octanol–water partition coefficient (Wildman–Crippen LogP) is 2.37. The van der Waals surface area contributed by atoms with E-state index in [0.717, 1.165) is 47.6 Å². The molecule has 1 saturated heterocycles. The Morgan fingerprint density at radius 2 is 2.05 bits per heavy atom. The maximum atomic E-state index is 9.44. The number of aliphatic hydroxyl groups is 1. The predicted molar refractivity (Wildman–Crippen MR) is 85.5 cm³/mol. The Hall–Kier alpha value is -0.650. The summed E-state index contributed by atoms with van der Waals surface area (Å²) in [7, 11) is 4.30. The molecule has 0 aromatic carbocycles. The second-order valence-electron chi connectivity index (χ2n) is 5.97. The summed E-state index contributed by atoms with van der Waals surface area (Å²) in [6.45, 7) is 5.68. The fraction of sp³-hybridized carbons (Fsp3) is 0.800. The van der Waals surface area contributed by atoms with Crippen molar-refractivity contribution >= 4 is 16.5 Å². The van der Waals surface area contributed by atoms with Crippen LogP contribution in [0.3, 0.4) is 0 Å². The number of hydrogen-bond acceptors (Lipinski definition) is 5. The van der Waals surface area contributed by atoms with Gasteiger partial charge in [-0.25, -0.2) is 4.98 Å². The Bertz CT molecular complexity index is 411. The number of thiazole rings is 1. The van der Waals surface area contributed by atoms with Crippen LogP contribution in [0.25, 0.3) is 0 Å². The van der Waals surface area contributed by atoms with Crippen molar-refractivity contribution in [3.05, 3.63) is 10.6 Å². The van der Waals surface area contributed by atoms with Crippen LogP contribution in [0.1, 0.15) is 36.8 Å². The second-order valence-corrected chi connectivity index (χ2v) is 7.03. The van der Waals surface area contributed by atoms with E-state index in [1.54, 1.807) is 11.3 Å². The largest absolute Gasteiger partial charge is 0.391 e. The lowest BCUT2D eigenvalue weighted by atomic mass is 9.97. The van der Waals surface area contributed by atoms with Crippen LogP contribution in [0.5, 0.6) is 0 Å². The van der Waals surface area contributed by atoms with Gasteiger partial charge in [-0.1, -0.05) is 24.7 Å². The Balaban J connectivity index is 1.96. The first-order valence-corrected chi connectivity index (χ1v) is 8.44. The molecule has 1 N–H and O–H groups in total. The molecule has 4 nitrogen and oxygen atoms in total. The van der Waals surface area contributed by atoms with Gasteiger partial charge >= 0.3 is 0 Å². The number of nitrogens with zero attached hydrogens (tertiary/aromatic N) is 3. The smallest absolute Gasteiger partial charge is 0.185 e. The van der Waals surface area contributed by atoms with E-state index in [2.05, 4.69) is 30.8 Å². The molecule has 0 atom stereocenters. The van der Waals surface area contributed by atoms with E-state index in [0.29, 0.717) is 0 Å². The highest BCUT2D eigenvalue weighted by atomic mass is 32.1. The third kappa shape index (κ3) is 3.93. The van der Waals surface area contributed by atoms with Crippen molar-refractivity contribution in [2.24, 2.45) is 5.92 Å². The van der Waals surface area contributed by atoms with Crippen LogP contribution in [-0.4, -0.2) is 48.7 Å². The van der Waals surface area contributed by atoms with Gasteiger partial charge in [0.1, 0.15) is 0 Å². The average Bonchev–Trinajstić information content (AvgIpc) is 2.82. The molecule has 1 aromatic rings. The monoisotopic (exact) mass is 297 g/mol. The number of hydrogen-bond donors (Lipinski definition) is 1. The van der Waals surface area contributed by atoms with E-state index in [4.69, 9.17) is 4.98 Å². The molecule has 20 heavy (non-hydrogen) atoms. The minimum Gasteiger partial charge on any atom is -0.391 e. The molecule has 0 amide bonds. The van der Waals surface area contributed by atoms with Gasteiger partial charge in [0.15, 0.2) is 5.13 Å². The molecule has 2 rings (SSSR count). The highest BCUT2D eigenvalue weighted by Crippen LogP contribution is 2.30. The van der Waals surface area contributed by atoms with Gasteiger partial charge < -0.3 is 14.9 Å². The fourth-order valence-corrected chi connectivity index (χ4v) is 3.90. The van der Waals surface area contributed by atoms with Crippen LogP contribution in [0, 0.1) is 5.92 Å². The minimum atomic E-state index is 0.129. The van der Waals surface area contributed by atoms with E-state index in [9.17, 15) is 5.11 Å². The summed E-state index contributed by atoms with van der Waals surface area (Å²) < 4.78 is 0. The number of anilines is 1. The first-order chi connectivity index (χ1) is 9.63. The van der Waals surface area contributed by atoms with Crippen LogP contribution in [0.2, 0.25) is 0 Å². The summed E-state index contributed by atoms with van der Waals surface area (Å²) in [5.41, 5.74) is 1.10. The Morgan fingerprint density at radius 3 is 2.60 bits per heavy atom. The summed E-state index contributed by atoms with van der Waals surface area (Å²) in [5.74, 6) is 0.814. The van der Waals surface area contributed by atoms with E-state index in [1.807, 2.05) is 0 Å². The van der Waals surface area contributed by atoms with Gasteiger partial charge in [-0.15, -0.1) is 0 Å². The molecular weight excluding hydrogens is 270 g/mol. The van der Waals surface area contributed by atoms with Crippen molar-refractivity contribution in [2.45, 2.75) is 39.2 Å². The van der Waals surface area contributed by atoms with Crippen molar-refractivity contribution in [3.8, 4) is 0 Å². The molecule has 0 radical (unpaired) electrons. The molecule has 0 aliphatic carbocycles. The zero-order chi connectivity index (χ0) is 14.5. The molecule has 2 heterocycles. The Kier molecular flexibility index (Phi) is 5.81. The fourth-order valence-electron chi connectivity index (χ4n) is 2.88.